The van der Waals surface area contributed by atoms with Gasteiger partial charge in [-0.25, -0.2) is 0 Å². The third-order valence-electron chi connectivity index (χ3n) is 17.2. The average Bonchev–Trinajstić information content (AvgIpc) is 4.24. The van der Waals surface area contributed by atoms with Crippen molar-refractivity contribution in [1.29, 1.82) is 0 Å². The van der Waals surface area contributed by atoms with E-state index < -0.39 is 25.9 Å². The first-order valence-electron chi connectivity index (χ1n) is 27.5. The molecule has 0 bridgehead atoms. The minimum absolute atomic E-state index is 0.176. The molecule has 0 radical (unpaired) electrons. The van der Waals surface area contributed by atoms with Crippen LogP contribution in [0.25, 0.3) is 67.8 Å². The zero-order valence-electron chi connectivity index (χ0n) is 45.1. The number of allylic oxidation sites excluding steroid dienone is 2. The Bertz CT molecular complexity index is 3320. The predicted molar refractivity (Wildman–Crippen MR) is 324 cm³/mol. The third-order valence-corrected chi connectivity index (χ3v) is 40.0. The maximum absolute atomic E-state index is 9.65. The molecule has 74 heavy (non-hydrogen) atoms. The third kappa shape index (κ3) is 8.41. The molecule has 0 aromatic heterocycles. The Hall–Kier alpha value is -5.08. The van der Waals surface area contributed by atoms with Crippen LogP contribution >= 0.6 is 17.0 Å². The molecule has 0 nitrogen and oxygen atoms in total. The Morgan fingerprint density at radius 2 is 0.824 bits per heavy atom. The number of rotatable bonds is 13. The molecule has 4 heteroatoms. The van der Waals surface area contributed by atoms with Gasteiger partial charge in [0.1, 0.15) is 0 Å². The van der Waals surface area contributed by atoms with Crippen LogP contribution in [0.5, 0.6) is 0 Å². The van der Waals surface area contributed by atoms with Gasteiger partial charge in [0, 0.05) is 0 Å². The normalized spacial score (nSPS) is 16.6. The predicted octanol–water partition coefficient (Wildman–Crippen LogP) is 18.7. The van der Waals surface area contributed by atoms with E-state index >= 15 is 0 Å². The molecule has 1 heterocycles. The standard InChI is InChI=1S/2C29H31.C12H9Si.2ClH.Zr/c2*1-6-21-14-23-12-13-27(22-10-8-7-9-11-22)29(28(23)15-21)26-17-24(19(2)3)16-25(18-26)20(4)5;1-3-7-11-9(5-1)10-6-2-4-8-12(10)13-11;;;/h2*7-20H,6H2,1-5H3;1-7H,13H2;2*1H;/q;;;;;+2/p-2. The van der Waals surface area contributed by atoms with E-state index in [0.717, 1.165) is 12.8 Å². The number of benzene rings is 8. The minimum atomic E-state index is -5.87. The van der Waals surface area contributed by atoms with Gasteiger partial charge in [-0.15, -0.1) is 0 Å². The van der Waals surface area contributed by atoms with Gasteiger partial charge in [-0.3, -0.25) is 0 Å². The molecule has 0 saturated carbocycles. The number of hydrogen-bond acceptors (Lipinski definition) is 0. The molecule has 3 aliphatic rings. The van der Waals surface area contributed by atoms with Gasteiger partial charge in [0.15, 0.2) is 0 Å². The van der Waals surface area contributed by atoms with Crippen molar-refractivity contribution >= 4 is 52.3 Å². The summed E-state index contributed by atoms with van der Waals surface area (Å²) in [6.45, 7) is 23.3. The Morgan fingerprint density at radius 1 is 0.419 bits per heavy atom. The van der Waals surface area contributed by atoms with Crippen LogP contribution in [0.4, 0.5) is 0 Å². The van der Waals surface area contributed by atoms with E-state index in [4.69, 9.17) is 0 Å². The topological polar surface area (TPSA) is 0 Å². The summed E-state index contributed by atoms with van der Waals surface area (Å²) in [6, 6.07) is 62.7. The Morgan fingerprint density at radius 3 is 1.24 bits per heavy atom. The molecule has 0 fully saturated rings. The van der Waals surface area contributed by atoms with Crippen LogP contribution in [-0.2, 0) is 16.4 Å². The monoisotopic (exact) mass is 1100 g/mol. The van der Waals surface area contributed by atoms with Crippen LogP contribution in [0.3, 0.4) is 0 Å². The molecule has 1 aliphatic heterocycles. The van der Waals surface area contributed by atoms with E-state index in [9.17, 15) is 17.0 Å². The molecule has 11 rings (SSSR count). The van der Waals surface area contributed by atoms with Crippen molar-refractivity contribution in [3.8, 4) is 55.6 Å². The van der Waals surface area contributed by atoms with Crippen molar-refractivity contribution in [2.24, 2.45) is 0 Å². The van der Waals surface area contributed by atoms with Crippen LogP contribution in [0.2, 0.25) is 0 Å². The van der Waals surface area contributed by atoms with Crippen molar-refractivity contribution in [3.63, 3.8) is 0 Å². The van der Waals surface area contributed by atoms with E-state index in [-0.39, 0.29) is 7.25 Å². The van der Waals surface area contributed by atoms with E-state index in [0.29, 0.717) is 23.7 Å². The van der Waals surface area contributed by atoms with E-state index in [1.165, 1.54) is 125 Å². The molecule has 2 aliphatic carbocycles. The van der Waals surface area contributed by atoms with Gasteiger partial charge in [0.2, 0.25) is 0 Å². The molecule has 0 N–H and O–H groups in total. The van der Waals surface area contributed by atoms with Crippen LogP contribution in [0.15, 0.2) is 175 Å². The van der Waals surface area contributed by atoms with Crippen molar-refractivity contribution in [2.75, 3.05) is 0 Å². The van der Waals surface area contributed by atoms with E-state index in [1.807, 2.05) is 0 Å². The zero-order valence-corrected chi connectivity index (χ0v) is 50.5. The van der Waals surface area contributed by atoms with Crippen molar-refractivity contribution in [2.45, 2.75) is 113 Å². The van der Waals surface area contributed by atoms with Gasteiger partial charge in [-0.1, -0.05) is 0 Å². The molecular weight excluding hydrogens is 1030 g/mol. The maximum atomic E-state index is 9.65. The Labute approximate surface area is 453 Å². The molecule has 0 amide bonds. The summed E-state index contributed by atoms with van der Waals surface area (Å²) in [5.74, 6) is 1.51. The van der Waals surface area contributed by atoms with Gasteiger partial charge in [0.25, 0.3) is 0 Å². The second-order valence-corrected chi connectivity index (χ2v) is 45.4. The van der Waals surface area contributed by atoms with Gasteiger partial charge >= 0.3 is 457 Å². The van der Waals surface area contributed by atoms with E-state index in [1.54, 1.807) is 0 Å². The molecule has 373 valence electrons. The zero-order chi connectivity index (χ0) is 51.8. The second-order valence-electron chi connectivity index (χ2n) is 22.9. The SMILES string of the molecule is CCC1=Cc2c(ccc(-c3ccccc3)c2-c2cc(C(C)C)cc(C(C)C)c2)[CH]1[Zr]([Cl])([Cl])([c]1cccc2c1[SiH2]c1ccccc1-2)[CH]1C(CC)=Cc2c1ccc(-c1ccccc1)c2-c1cc(C(C)C)cc(C(C)C)c1. The van der Waals surface area contributed by atoms with Crippen LogP contribution in [0, 0.1) is 0 Å². The molecule has 2 atom stereocenters. The molecular formula is C70H71Cl2SiZr. The fourth-order valence-electron chi connectivity index (χ4n) is 13.3. The molecule has 8 aromatic rings. The first-order valence-corrected chi connectivity index (χ1v) is 39.4. The fourth-order valence-corrected chi connectivity index (χ4v) is 41.6. The number of fused-ring (bicyclic) bond motifs is 5. The van der Waals surface area contributed by atoms with Crippen molar-refractivity contribution < 1.29 is 16.4 Å². The van der Waals surface area contributed by atoms with Gasteiger partial charge in [0.05, 0.1) is 0 Å². The van der Waals surface area contributed by atoms with E-state index in [2.05, 4.69) is 245 Å². The summed E-state index contributed by atoms with van der Waals surface area (Å²) < 4.78 is 0.926. The summed E-state index contributed by atoms with van der Waals surface area (Å²) in [4.78, 5) is 0. The summed E-state index contributed by atoms with van der Waals surface area (Å²) in [5, 5.41) is 2.94. The fraction of sp³-hybridized carbons (Fsp3) is 0.257. The molecule has 2 unspecified atom stereocenters. The van der Waals surface area contributed by atoms with Crippen LogP contribution in [-0.4, -0.2) is 9.52 Å². The molecule has 0 saturated heterocycles. The van der Waals surface area contributed by atoms with Crippen LogP contribution in [0.1, 0.15) is 158 Å². The summed E-state index contributed by atoms with van der Waals surface area (Å²) in [5.41, 5.74) is 26.1. The number of halogens is 2. The van der Waals surface area contributed by atoms with Gasteiger partial charge < -0.3 is 0 Å². The quantitative estimate of drug-likeness (QED) is 0.101. The summed E-state index contributed by atoms with van der Waals surface area (Å²) >= 11 is -5.87. The first kappa shape index (κ1) is 51.0. The summed E-state index contributed by atoms with van der Waals surface area (Å²) in [6.07, 6.45) is 6.82. The summed E-state index contributed by atoms with van der Waals surface area (Å²) in [7, 11) is 18.4. The van der Waals surface area contributed by atoms with Gasteiger partial charge in [-0.05, 0) is 0 Å². The van der Waals surface area contributed by atoms with Crippen molar-refractivity contribution in [3.05, 3.63) is 219 Å². The molecule has 8 aromatic carbocycles. The van der Waals surface area contributed by atoms with Crippen molar-refractivity contribution in [1.82, 2.24) is 0 Å². The average molecular weight is 1100 g/mol. The Balaban J connectivity index is 1.25. The molecule has 0 spiro atoms. The second kappa shape index (κ2) is 19.8. The van der Waals surface area contributed by atoms with Gasteiger partial charge in [-0.2, -0.15) is 0 Å². The van der Waals surface area contributed by atoms with Crippen LogP contribution < -0.4 is 13.6 Å². The number of hydrogen-bond donors (Lipinski definition) is 0. The Kier molecular flexibility index (Phi) is 13.7. The first-order chi connectivity index (χ1) is 35.6.